The number of anilines is 1. The number of methoxy groups -OCH3 is 1. The summed E-state index contributed by atoms with van der Waals surface area (Å²) in [4.78, 5) is 93.9. The first kappa shape index (κ1) is 55.5. The van der Waals surface area contributed by atoms with Crippen LogP contribution in [0.5, 0.6) is 17.2 Å². The molecular weight excluding hydrogens is 1020 g/mol. The molecule has 1 fully saturated rings. The normalized spacial score (nSPS) is 21.7. The van der Waals surface area contributed by atoms with E-state index in [2.05, 4.69) is 21.3 Å². The molecule has 21 heteroatoms. The minimum Gasteiger partial charge on any atom is -0.507 e. The third-order valence-corrected chi connectivity index (χ3v) is 15.0. The summed E-state index contributed by atoms with van der Waals surface area (Å²) in [6.45, 7) is 5.17. The van der Waals surface area contributed by atoms with E-state index in [1.807, 2.05) is 48.5 Å². The van der Waals surface area contributed by atoms with Crippen LogP contribution in [0.4, 0.5) is 15.3 Å². The zero-order valence-corrected chi connectivity index (χ0v) is 43.7. The summed E-state index contributed by atoms with van der Waals surface area (Å²) in [5, 5.41) is 66.8. The SMILES string of the molecule is COc1cccc2c1C(=O)c1c(O)c3c(c(O)c1C2=O)C[C@@](O)(C(=O)CO)C[C@@H]3O[C@H]1C[C@H](NC(=O)OCc2ccc(NC(=O)[C@H](C)NC(=O)[C@H](NC(=O)OCC3c4ccccc4-c4ccccc43)C(C)C)cc2)[C@H](O)[C@H](C)O1. The van der Waals surface area contributed by atoms with Gasteiger partial charge in [-0.25, -0.2) is 9.59 Å². The van der Waals surface area contributed by atoms with Gasteiger partial charge in [0.05, 0.1) is 42.0 Å². The highest BCUT2D eigenvalue weighted by Crippen LogP contribution is 2.53. The number of aliphatic hydroxyl groups is 3. The van der Waals surface area contributed by atoms with Gasteiger partial charge in [-0.1, -0.05) is 86.6 Å². The van der Waals surface area contributed by atoms with Gasteiger partial charge in [-0.2, -0.15) is 0 Å². The average molecular weight is 1090 g/mol. The molecule has 9 rings (SSSR count). The van der Waals surface area contributed by atoms with Gasteiger partial charge in [0.1, 0.15) is 60.9 Å². The van der Waals surface area contributed by atoms with E-state index in [0.717, 1.165) is 22.3 Å². The highest BCUT2D eigenvalue weighted by molar-refractivity contribution is 6.31. The average Bonchev–Trinajstić information content (AvgIpc) is 3.94. The van der Waals surface area contributed by atoms with Gasteiger partial charge < -0.3 is 70.5 Å². The predicted molar refractivity (Wildman–Crippen MR) is 280 cm³/mol. The van der Waals surface area contributed by atoms with Crippen LogP contribution in [0.3, 0.4) is 0 Å². The number of hydrogen-bond acceptors (Lipinski definition) is 17. The van der Waals surface area contributed by atoms with Crippen LogP contribution in [-0.4, -0.2) is 129 Å². The first-order valence-corrected chi connectivity index (χ1v) is 25.7. The highest BCUT2D eigenvalue weighted by atomic mass is 16.7. The van der Waals surface area contributed by atoms with Crippen LogP contribution in [0.2, 0.25) is 0 Å². The van der Waals surface area contributed by atoms with E-state index in [-0.39, 0.29) is 59.5 Å². The van der Waals surface area contributed by atoms with E-state index in [1.165, 1.54) is 39.2 Å². The molecule has 1 aliphatic heterocycles. The Labute approximate surface area is 453 Å². The van der Waals surface area contributed by atoms with Crippen molar-refractivity contribution in [3.8, 4) is 28.4 Å². The Bertz CT molecular complexity index is 3210. The molecule has 1 saturated heterocycles. The van der Waals surface area contributed by atoms with Gasteiger partial charge in [0.25, 0.3) is 0 Å². The first-order chi connectivity index (χ1) is 37.7. The lowest BCUT2D eigenvalue weighted by Crippen LogP contribution is -2.56. The number of amides is 4. The van der Waals surface area contributed by atoms with Gasteiger partial charge in [-0.05, 0) is 65.8 Å². The monoisotopic (exact) mass is 1080 g/mol. The summed E-state index contributed by atoms with van der Waals surface area (Å²) < 4.78 is 28.6. The molecule has 9 N–H and O–H groups in total. The van der Waals surface area contributed by atoms with Gasteiger partial charge in [-0.15, -0.1) is 0 Å². The van der Waals surface area contributed by atoms with E-state index < -0.39 is 132 Å². The maximum Gasteiger partial charge on any atom is 0.407 e. The maximum atomic E-state index is 14.1. The van der Waals surface area contributed by atoms with Crippen LogP contribution < -0.4 is 26.0 Å². The number of carbonyl (C=O) groups excluding carboxylic acids is 7. The number of phenolic OH excluding ortho intramolecular Hbond substituents is 2. The lowest BCUT2D eigenvalue weighted by atomic mass is 9.72. The number of aromatic hydroxyl groups is 2. The minimum atomic E-state index is -2.40. The topological polar surface area (TPSA) is 315 Å². The number of ketones is 3. The molecule has 0 bridgehead atoms. The number of benzene rings is 5. The summed E-state index contributed by atoms with van der Waals surface area (Å²) in [5.41, 5.74) is 0.775. The Morgan fingerprint density at radius 3 is 2.06 bits per heavy atom. The van der Waals surface area contributed by atoms with Crippen molar-refractivity contribution < 1.29 is 82.8 Å². The summed E-state index contributed by atoms with van der Waals surface area (Å²) in [7, 11) is 1.29. The molecule has 3 aliphatic carbocycles. The molecule has 0 unspecified atom stereocenters. The van der Waals surface area contributed by atoms with Crippen molar-refractivity contribution in [2.75, 3.05) is 25.6 Å². The van der Waals surface area contributed by atoms with Gasteiger partial charge in [0.2, 0.25) is 17.6 Å². The second-order valence-electron chi connectivity index (χ2n) is 20.4. The summed E-state index contributed by atoms with van der Waals surface area (Å²) >= 11 is 0. The fourth-order valence-corrected chi connectivity index (χ4v) is 10.8. The maximum absolute atomic E-state index is 14.1. The molecule has 21 nitrogen and oxygen atoms in total. The standard InChI is InChI=1S/C58H60N4O17/c1-27(2)48(62-57(73)77-26-38-34-13-8-6-11-32(34)33-12-7-9-14-35(33)38)55(71)59-28(3)54(70)60-31-19-17-30(18-20-31)25-76-56(72)61-39-21-43(78-29(4)49(39)65)79-41-23-58(74,42(64)24-63)22-37-45(41)53(69)47-46(51(37)67)50(66)36-15-10-16-40(75-5)44(36)52(47)68/h6-20,27-29,38-39,41,43,48-49,63,65,67,69,74H,21-26H2,1-5H3,(H,59,71)(H,60,70)(H,61,72)(H,62,73)/t28-,29-,39-,41-,43-,48+,49+,58-/m0/s1. The zero-order valence-electron chi connectivity index (χ0n) is 43.7. The number of fused-ring (bicyclic) bond motifs is 6. The zero-order chi connectivity index (χ0) is 56.6. The van der Waals surface area contributed by atoms with Crippen molar-refractivity contribution in [1.82, 2.24) is 16.0 Å². The lowest BCUT2D eigenvalue weighted by molar-refractivity contribution is -0.249. The second-order valence-corrected chi connectivity index (χ2v) is 20.4. The Morgan fingerprint density at radius 1 is 0.772 bits per heavy atom. The van der Waals surface area contributed by atoms with Crippen molar-refractivity contribution in [1.29, 1.82) is 0 Å². The molecule has 0 radical (unpaired) electrons. The largest absolute Gasteiger partial charge is 0.507 e. The van der Waals surface area contributed by atoms with E-state index in [0.29, 0.717) is 11.3 Å². The number of rotatable bonds is 16. The number of Topliss-reactive ketones (excluding diaryl/α,β-unsaturated/α-hetero) is 1. The Hall–Kier alpha value is -8.21. The molecule has 5 aromatic carbocycles. The number of phenols is 2. The summed E-state index contributed by atoms with van der Waals surface area (Å²) in [6.07, 6.45) is -8.50. The van der Waals surface area contributed by atoms with Crippen LogP contribution in [-0.2, 0) is 46.4 Å². The molecule has 0 aromatic heterocycles. The van der Waals surface area contributed by atoms with Gasteiger partial charge in [0, 0.05) is 47.6 Å². The molecule has 4 amide bonds. The van der Waals surface area contributed by atoms with E-state index in [1.54, 1.807) is 38.1 Å². The first-order valence-electron chi connectivity index (χ1n) is 25.7. The van der Waals surface area contributed by atoms with E-state index in [9.17, 15) is 59.1 Å². The molecular formula is C58H60N4O17. The Kier molecular flexibility index (Phi) is 15.9. The molecule has 1 heterocycles. The van der Waals surface area contributed by atoms with Crippen LogP contribution in [0, 0.1) is 5.92 Å². The summed E-state index contributed by atoms with van der Waals surface area (Å²) in [5.74, 6) is -5.96. The Balaban J connectivity index is 0.786. The fourth-order valence-electron chi connectivity index (χ4n) is 10.8. The highest BCUT2D eigenvalue weighted by Gasteiger charge is 2.50. The second kappa shape index (κ2) is 22.6. The van der Waals surface area contributed by atoms with Gasteiger partial charge in [-0.3, -0.25) is 24.0 Å². The number of hydrogen-bond donors (Lipinski definition) is 9. The number of carbonyl (C=O) groups is 7. The van der Waals surface area contributed by atoms with Crippen molar-refractivity contribution in [2.45, 2.75) is 108 Å². The van der Waals surface area contributed by atoms with Crippen molar-refractivity contribution >= 4 is 47.0 Å². The third kappa shape index (κ3) is 10.9. The third-order valence-electron chi connectivity index (χ3n) is 15.0. The fraction of sp³-hybridized carbons (Fsp3) is 0.362. The van der Waals surface area contributed by atoms with Crippen molar-refractivity contribution in [3.63, 3.8) is 0 Å². The van der Waals surface area contributed by atoms with E-state index >= 15 is 0 Å². The molecule has 8 atom stereocenters. The van der Waals surface area contributed by atoms with E-state index in [4.69, 9.17) is 23.7 Å². The molecule has 79 heavy (non-hydrogen) atoms. The Morgan fingerprint density at radius 2 is 1.42 bits per heavy atom. The number of alkyl carbamates (subject to hydrolysis) is 2. The summed E-state index contributed by atoms with van der Waals surface area (Å²) in [6, 6.07) is 23.3. The quantitative estimate of drug-likeness (QED) is 0.0578. The van der Waals surface area contributed by atoms with Gasteiger partial charge in [0.15, 0.2) is 17.9 Å². The molecule has 0 spiro atoms. The molecule has 4 aliphatic rings. The molecule has 5 aromatic rings. The number of nitrogens with one attached hydrogen (secondary N) is 4. The molecule has 414 valence electrons. The predicted octanol–water partition coefficient (Wildman–Crippen LogP) is 4.98. The lowest BCUT2D eigenvalue weighted by Gasteiger charge is -2.42. The van der Waals surface area contributed by atoms with Crippen molar-refractivity contribution in [3.05, 3.63) is 141 Å². The van der Waals surface area contributed by atoms with Crippen LogP contribution in [0.1, 0.15) is 112 Å². The molecule has 0 saturated carbocycles. The van der Waals surface area contributed by atoms with Crippen LogP contribution in [0.15, 0.2) is 91.0 Å². The smallest absolute Gasteiger partial charge is 0.407 e. The van der Waals surface area contributed by atoms with Crippen molar-refractivity contribution in [2.24, 2.45) is 5.92 Å². The van der Waals surface area contributed by atoms with Crippen LogP contribution >= 0.6 is 0 Å². The number of ether oxygens (including phenoxy) is 5. The number of aliphatic hydroxyl groups excluding tert-OH is 2. The van der Waals surface area contributed by atoms with Crippen LogP contribution in [0.25, 0.3) is 11.1 Å². The van der Waals surface area contributed by atoms with Gasteiger partial charge >= 0.3 is 12.2 Å². The minimum absolute atomic E-state index is 0.0330.